The Labute approximate surface area is 341 Å². The number of carbonyl (C=O) groups excluding carboxylic acids is 3. The van der Waals surface area contributed by atoms with E-state index in [4.69, 9.17) is 9.05 Å². The van der Waals surface area contributed by atoms with Crippen molar-refractivity contribution in [3.05, 3.63) is 115 Å². The summed E-state index contributed by atoms with van der Waals surface area (Å²) in [6, 6.07) is 11.1. The molecule has 0 spiro atoms. The second-order valence-electron chi connectivity index (χ2n) is 12.4. The average Bonchev–Trinajstić information content (AvgIpc) is 3.19. The third-order valence-electron chi connectivity index (χ3n) is 8.27. The predicted octanol–water partition coefficient (Wildman–Crippen LogP) is 3.86. The van der Waals surface area contributed by atoms with Crippen molar-refractivity contribution in [3.63, 3.8) is 0 Å². The number of amides is 2. The van der Waals surface area contributed by atoms with Crippen LogP contribution in [0.4, 0.5) is 8.78 Å². The van der Waals surface area contributed by atoms with Gasteiger partial charge < -0.3 is 39.6 Å². The molecule has 17 nitrogen and oxygen atoms in total. The zero-order valence-corrected chi connectivity index (χ0v) is 33.1. The zero-order valence-electron chi connectivity index (χ0n) is 32.2. The molecule has 324 valence electrons. The molecule has 0 radical (unpaired) electrons. The number of benzene rings is 2. The highest BCUT2D eigenvalue weighted by atomic mass is 31.2. The van der Waals surface area contributed by atoms with Gasteiger partial charge in [0.2, 0.25) is 11.5 Å². The summed E-state index contributed by atoms with van der Waals surface area (Å²) < 4.78 is 51.2. The van der Waals surface area contributed by atoms with E-state index in [1.165, 1.54) is 67.2 Å². The van der Waals surface area contributed by atoms with E-state index >= 15 is 0 Å². The fraction of sp³-hybridized carbons (Fsp3) is 0.410. The normalized spacial score (nSPS) is 10.8. The largest absolute Gasteiger partial charge is 0.501 e. The third kappa shape index (κ3) is 14.9. The number of nitrogens with zero attached hydrogens (tertiary/aromatic N) is 5. The fourth-order valence-electron chi connectivity index (χ4n) is 5.06. The van der Waals surface area contributed by atoms with Crippen LogP contribution in [0.5, 0.6) is 11.5 Å². The molecule has 2 aromatic carbocycles. The minimum Gasteiger partial charge on any atom is -0.501 e. The average molecular weight is 850 g/mol. The van der Waals surface area contributed by atoms with Crippen LogP contribution < -0.4 is 21.8 Å². The lowest BCUT2D eigenvalue weighted by molar-refractivity contribution is -0.107. The molecule has 0 aliphatic heterocycles. The van der Waals surface area contributed by atoms with Gasteiger partial charge in [-0.15, -0.1) is 0 Å². The maximum atomic E-state index is 13.0. The van der Waals surface area contributed by atoms with E-state index in [1.807, 2.05) is 11.9 Å². The quantitative estimate of drug-likeness (QED) is 0.0826. The Hall–Kier alpha value is -5.62. The smallest absolute Gasteiger partial charge is 0.331 e. The molecule has 2 amide bonds. The standard InChI is InChI=1S/C22H32FN4O6P.C15H14FN3O4.2CH4/c1-5-32-34(31,33-6-2)14-13-26(3)12-11-18-25-19(20(28)22(30)27(18)4)21(29)24-15-16-7-9-17(23)10-8-16;1-19-11(6-7-20)18-12(13(21)15(19)23)14(22)17-8-9-2-4-10(16)5-3-9;;/h7-10,28H,5-6,11-15H2,1-4H3,(H,24,29);2-5,7,21H,6,8H2,1H3,(H,17,22);2*1H4. The molecule has 4 rings (SSSR count). The second kappa shape index (κ2) is 24.3. The van der Waals surface area contributed by atoms with Gasteiger partial charge in [0, 0.05) is 46.7 Å². The van der Waals surface area contributed by atoms with Crippen molar-refractivity contribution in [2.75, 3.05) is 39.5 Å². The van der Waals surface area contributed by atoms with Crippen LogP contribution in [0.15, 0.2) is 58.1 Å². The monoisotopic (exact) mass is 849 g/mol. The molecule has 0 unspecified atom stereocenters. The summed E-state index contributed by atoms with van der Waals surface area (Å²) in [5.74, 6) is -3.45. The van der Waals surface area contributed by atoms with Gasteiger partial charge >= 0.3 is 7.60 Å². The summed E-state index contributed by atoms with van der Waals surface area (Å²) in [4.78, 5) is 69.5. The Balaban J connectivity index is 0.000000610. The van der Waals surface area contributed by atoms with Crippen LogP contribution in [0.2, 0.25) is 0 Å². The topological polar surface area (TPSA) is 224 Å². The van der Waals surface area contributed by atoms with Crippen LogP contribution in [0, 0.1) is 11.6 Å². The van der Waals surface area contributed by atoms with Crippen LogP contribution in [-0.2, 0) is 58.4 Å². The molecule has 0 saturated heterocycles. The third-order valence-corrected chi connectivity index (χ3v) is 10.3. The lowest BCUT2D eigenvalue weighted by Gasteiger charge is -2.21. The number of aromatic nitrogens is 4. The summed E-state index contributed by atoms with van der Waals surface area (Å²) in [6.07, 6.45) is 0.891. The molecular weight excluding hydrogens is 795 g/mol. The van der Waals surface area contributed by atoms with Gasteiger partial charge in [-0.05, 0) is 56.3 Å². The first-order chi connectivity index (χ1) is 27.0. The van der Waals surface area contributed by atoms with E-state index in [9.17, 15) is 47.5 Å². The van der Waals surface area contributed by atoms with E-state index < -0.39 is 59.4 Å². The van der Waals surface area contributed by atoms with Gasteiger partial charge in [0.15, 0.2) is 11.4 Å². The van der Waals surface area contributed by atoms with Crippen LogP contribution in [-0.4, -0.2) is 91.8 Å². The number of aldehydes is 1. The summed E-state index contributed by atoms with van der Waals surface area (Å²) in [6.45, 7) is 5.08. The van der Waals surface area contributed by atoms with Crippen LogP contribution in [0.3, 0.4) is 0 Å². The molecule has 0 aliphatic rings. The number of aromatic hydroxyl groups is 2. The molecule has 20 heteroatoms. The number of nitrogens with one attached hydrogen (secondary N) is 2. The highest BCUT2D eigenvalue weighted by Gasteiger charge is 2.25. The van der Waals surface area contributed by atoms with Crippen molar-refractivity contribution in [1.82, 2.24) is 34.6 Å². The first-order valence-corrected chi connectivity index (χ1v) is 19.4. The molecule has 0 aliphatic carbocycles. The molecule has 2 heterocycles. The summed E-state index contributed by atoms with van der Waals surface area (Å²) in [5.41, 5.74) is -1.10. The summed E-state index contributed by atoms with van der Waals surface area (Å²) in [5, 5.41) is 25.0. The van der Waals surface area contributed by atoms with Crippen molar-refractivity contribution < 1.29 is 47.0 Å². The molecule has 0 fully saturated rings. The van der Waals surface area contributed by atoms with Crippen molar-refractivity contribution in [1.29, 1.82) is 0 Å². The Bertz CT molecular complexity index is 2170. The van der Waals surface area contributed by atoms with E-state index in [2.05, 4.69) is 20.6 Å². The molecule has 59 heavy (non-hydrogen) atoms. The Morgan fingerprint density at radius 3 is 1.59 bits per heavy atom. The highest BCUT2D eigenvalue weighted by Crippen LogP contribution is 2.47. The molecule has 0 saturated carbocycles. The van der Waals surface area contributed by atoms with Gasteiger partial charge in [0.25, 0.3) is 22.9 Å². The lowest BCUT2D eigenvalue weighted by Crippen LogP contribution is -2.32. The maximum Gasteiger partial charge on any atom is 0.331 e. The number of hydrogen-bond donors (Lipinski definition) is 4. The van der Waals surface area contributed by atoms with Crippen LogP contribution >= 0.6 is 7.60 Å². The van der Waals surface area contributed by atoms with Crippen LogP contribution in [0.1, 0.15) is 72.5 Å². The minimum absolute atomic E-state index is 0. The van der Waals surface area contributed by atoms with Gasteiger partial charge in [0.1, 0.15) is 29.6 Å². The molecular formula is C39H54F2N7O10P. The number of likely N-dealkylation sites (N-methyl/N-ethyl adjacent to an activating group) is 1. The molecule has 4 N–H and O–H groups in total. The SMILES string of the molecule is C.C.CCOP(=O)(CCN(C)CCc1nc(C(=O)NCc2ccc(F)cc2)c(O)c(=O)n1C)OCC.Cn1c(CC=O)nc(C(=O)NCc2ccc(F)cc2)c(O)c1=O. The van der Waals surface area contributed by atoms with Crippen molar-refractivity contribution >= 4 is 25.7 Å². The number of hydrogen-bond acceptors (Lipinski definition) is 13. The van der Waals surface area contributed by atoms with E-state index in [1.54, 1.807) is 13.8 Å². The van der Waals surface area contributed by atoms with Crippen molar-refractivity contribution in [2.45, 2.75) is 54.6 Å². The first kappa shape index (κ1) is 51.4. The van der Waals surface area contributed by atoms with E-state index in [0.717, 1.165) is 4.57 Å². The van der Waals surface area contributed by atoms with Crippen molar-refractivity contribution in [3.8, 4) is 11.5 Å². The number of carbonyl (C=O) groups is 3. The molecule has 4 aromatic rings. The highest BCUT2D eigenvalue weighted by molar-refractivity contribution is 7.53. The van der Waals surface area contributed by atoms with E-state index in [0.29, 0.717) is 42.7 Å². The van der Waals surface area contributed by atoms with Gasteiger partial charge in [0.05, 0.1) is 25.8 Å². The van der Waals surface area contributed by atoms with Gasteiger partial charge in [-0.3, -0.25) is 32.9 Å². The Kier molecular flexibility index (Phi) is 21.2. The summed E-state index contributed by atoms with van der Waals surface area (Å²) in [7, 11) is 1.45. The second-order valence-corrected chi connectivity index (χ2v) is 14.6. The minimum atomic E-state index is -3.17. The molecule has 0 bridgehead atoms. The summed E-state index contributed by atoms with van der Waals surface area (Å²) >= 11 is 0. The predicted molar refractivity (Wildman–Crippen MR) is 218 cm³/mol. The van der Waals surface area contributed by atoms with E-state index in [-0.39, 0.29) is 65.3 Å². The number of rotatable bonds is 18. The lowest BCUT2D eigenvalue weighted by atomic mass is 10.2. The Morgan fingerprint density at radius 2 is 1.19 bits per heavy atom. The van der Waals surface area contributed by atoms with Crippen LogP contribution in [0.25, 0.3) is 0 Å². The maximum absolute atomic E-state index is 13.0. The zero-order chi connectivity index (χ0) is 42.3. The van der Waals surface area contributed by atoms with Crippen molar-refractivity contribution in [2.24, 2.45) is 14.1 Å². The Morgan fingerprint density at radius 1 is 0.780 bits per heavy atom. The van der Waals surface area contributed by atoms with Gasteiger partial charge in [-0.25, -0.2) is 18.7 Å². The molecule has 0 atom stereocenters. The first-order valence-electron chi connectivity index (χ1n) is 17.7. The number of halogens is 2. The van der Waals surface area contributed by atoms with Gasteiger partial charge in [-0.2, -0.15) is 0 Å². The fourth-order valence-corrected chi connectivity index (χ4v) is 6.76. The molecule has 2 aromatic heterocycles. The van der Waals surface area contributed by atoms with Gasteiger partial charge in [-0.1, -0.05) is 39.1 Å².